The van der Waals surface area contributed by atoms with Crippen molar-refractivity contribution in [3.8, 4) is 0 Å². The Bertz CT molecular complexity index is 230. The molecule has 0 aliphatic carbocycles. The number of rotatable bonds is 1. The lowest BCUT2D eigenvalue weighted by molar-refractivity contribution is -0.249. The van der Waals surface area contributed by atoms with E-state index < -0.39 is 17.8 Å². The minimum atomic E-state index is -5.52. The molecule has 6 heteroatoms. The van der Waals surface area contributed by atoms with Gasteiger partial charge in [0.15, 0.2) is 0 Å². The van der Waals surface area contributed by atoms with Gasteiger partial charge in [0, 0.05) is 6.54 Å². The summed E-state index contributed by atoms with van der Waals surface area (Å²) in [5.74, 6) is -4.75. The summed E-state index contributed by atoms with van der Waals surface area (Å²) in [7, 11) is 0. The van der Waals surface area contributed by atoms with Crippen LogP contribution in [0.25, 0.3) is 0 Å². The second-order valence-corrected chi connectivity index (χ2v) is 3.21. The fourth-order valence-electron chi connectivity index (χ4n) is 1.29. The summed E-state index contributed by atoms with van der Waals surface area (Å²) in [5, 5.41) is 0. The van der Waals surface area contributed by atoms with Crippen molar-refractivity contribution >= 4 is 5.71 Å². The van der Waals surface area contributed by atoms with Crippen molar-refractivity contribution in [1.82, 2.24) is 0 Å². The molecule has 0 N–H and O–H groups in total. The Balaban J connectivity index is 2.84. The van der Waals surface area contributed by atoms with E-state index in [-0.39, 0.29) is 13.0 Å². The maximum absolute atomic E-state index is 12.7. The smallest absolute Gasteiger partial charge is 0.287 e. The van der Waals surface area contributed by atoms with Gasteiger partial charge in [-0.25, -0.2) is 0 Å². The Hall–Kier alpha value is -0.680. The minimum absolute atomic E-state index is 0.0704. The van der Waals surface area contributed by atoms with Crippen LogP contribution in [0.1, 0.15) is 25.7 Å². The first-order chi connectivity index (χ1) is 6.36. The third-order valence-electron chi connectivity index (χ3n) is 2.09. The quantitative estimate of drug-likeness (QED) is 0.595. The molecule has 1 nitrogen and oxygen atoms in total. The van der Waals surface area contributed by atoms with Crippen molar-refractivity contribution < 1.29 is 22.0 Å². The van der Waals surface area contributed by atoms with Crippen LogP contribution in [0.2, 0.25) is 0 Å². The largest absolute Gasteiger partial charge is 0.459 e. The number of hydrogen-bond acceptors (Lipinski definition) is 1. The fraction of sp³-hybridized carbons (Fsp3) is 0.875. The molecule has 0 saturated heterocycles. The molecule has 0 aromatic rings. The Kier molecular flexibility index (Phi) is 3.11. The highest BCUT2D eigenvalue weighted by Crippen LogP contribution is 2.38. The molecular weight excluding hydrogens is 205 g/mol. The molecule has 0 aromatic heterocycles. The van der Waals surface area contributed by atoms with Gasteiger partial charge in [-0.2, -0.15) is 22.0 Å². The van der Waals surface area contributed by atoms with E-state index in [1.807, 2.05) is 0 Å². The predicted octanol–water partition coefficient (Wildman–Crippen LogP) is 3.20. The number of alkyl halides is 5. The highest BCUT2D eigenvalue weighted by atomic mass is 19.4. The summed E-state index contributed by atoms with van der Waals surface area (Å²) in [6.45, 7) is 0.0704. The molecule has 0 amide bonds. The van der Waals surface area contributed by atoms with Crippen molar-refractivity contribution in [2.75, 3.05) is 6.54 Å². The van der Waals surface area contributed by atoms with Crippen molar-refractivity contribution in [1.29, 1.82) is 0 Å². The van der Waals surface area contributed by atoms with Crippen molar-refractivity contribution in [3.05, 3.63) is 0 Å². The van der Waals surface area contributed by atoms with Gasteiger partial charge in [0.1, 0.15) is 0 Å². The van der Waals surface area contributed by atoms with Crippen molar-refractivity contribution in [2.24, 2.45) is 4.99 Å². The van der Waals surface area contributed by atoms with Gasteiger partial charge in [-0.05, 0) is 19.3 Å². The van der Waals surface area contributed by atoms with Crippen LogP contribution in [0.15, 0.2) is 4.99 Å². The Morgan fingerprint density at radius 3 is 2.14 bits per heavy atom. The van der Waals surface area contributed by atoms with Crippen LogP contribution in [0.5, 0.6) is 0 Å². The van der Waals surface area contributed by atoms with Gasteiger partial charge < -0.3 is 0 Å². The van der Waals surface area contributed by atoms with E-state index in [9.17, 15) is 22.0 Å². The summed E-state index contributed by atoms with van der Waals surface area (Å²) in [6.07, 6.45) is -4.19. The lowest BCUT2D eigenvalue weighted by atomic mass is 10.1. The van der Waals surface area contributed by atoms with E-state index >= 15 is 0 Å². The molecule has 14 heavy (non-hydrogen) atoms. The summed E-state index contributed by atoms with van der Waals surface area (Å²) < 4.78 is 61.2. The van der Waals surface area contributed by atoms with Gasteiger partial charge in [0.2, 0.25) is 0 Å². The summed E-state index contributed by atoms with van der Waals surface area (Å²) in [6, 6.07) is 0. The number of hydrogen-bond donors (Lipinski definition) is 0. The van der Waals surface area contributed by atoms with Crippen LogP contribution >= 0.6 is 0 Å². The second kappa shape index (κ2) is 3.82. The number of aliphatic imine (C=N–C) groups is 1. The molecule has 0 spiro atoms. The standard InChI is InChI=1S/C8H10F5N/c9-7(10,8(11,12)13)6-4-2-1-3-5-14-6/h1-5H2. The fourth-order valence-corrected chi connectivity index (χ4v) is 1.29. The SMILES string of the molecule is FC(F)(F)C(F)(F)C1=NCCCCC1. The molecule has 0 aromatic carbocycles. The average molecular weight is 215 g/mol. The van der Waals surface area contributed by atoms with E-state index in [2.05, 4.69) is 4.99 Å². The van der Waals surface area contributed by atoms with Gasteiger partial charge in [-0.3, -0.25) is 4.99 Å². The van der Waals surface area contributed by atoms with Crippen LogP contribution in [-0.2, 0) is 0 Å². The Morgan fingerprint density at radius 2 is 1.57 bits per heavy atom. The van der Waals surface area contributed by atoms with Crippen LogP contribution < -0.4 is 0 Å². The molecule has 0 radical (unpaired) electrons. The lowest BCUT2D eigenvalue weighted by Gasteiger charge is -2.20. The highest BCUT2D eigenvalue weighted by Gasteiger charge is 2.60. The normalized spacial score (nSPS) is 20.2. The molecule has 1 heterocycles. The molecule has 0 fully saturated rings. The highest BCUT2D eigenvalue weighted by molar-refractivity contribution is 5.92. The van der Waals surface area contributed by atoms with Gasteiger partial charge in [-0.15, -0.1) is 0 Å². The van der Waals surface area contributed by atoms with E-state index in [0.29, 0.717) is 19.3 Å². The zero-order valence-corrected chi connectivity index (χ0v) is 7.37. The Labute approximate surface area is 78.0 Å². The topological polar surface area (TPSA) is 12.4 Å². The van der Waals surface area contributed by atoms with Gasteiger partial charge >= 0.3 is 12.1 Å². The molecule has 1 aliphatic heterocycles. The first-order valence-electron chi connectivity index (χ1n) is 4.34. The van der Waals surface area contributed by atoms with Crippen LogP contribution in [0.3, 0.4) is 0 Å². The first-order valence-corrected chi connectivity index (χ1v) is 4.34. The zero-order valence-electron chi connectivity index (χ0n) is 7.37. The average Bonchev–Trinajstić information content (AvgIpc) is 2.29. The summed E-state index contributed by atoms with van der Waals surface area (Å²) in [5.41, 5.74) is -1.01. The third kappa shape index (κ3) is 2.22. The van der Waals surface area contributed by atoms with Gasteiger partial charge in [-0.1, -0.05) is 6.42 Å². The molecule has 82 valence electrons. The van der Waals surface area contributed by atoms with Crippen LogP contribution in [0, 0.1) is 0 Å². The molecule has 1 aliphatic rings. The summed E-state index contributed by atoms with van der Waals surface area (Å²) in [4.78, 5) is 3.31. The first kappa shape index (κ1) is 11.4. The molecule has 1 rings (SSSR count). The van der Waals surface area contributed by atoms with E-state index in [1.54, 1.807) is 0 Å². The van der Waals surface area contributed by atoms with E-state index in [0.717, 1.165) is 0 Å². The van der Waals surface area contributed by atoms with E-state index in [1.165, 1.54) is 0 Å². The number of nitrogens with zero attached hydrogens (tertiary/aromatic N) is 1. The maximum Gasteiger partial charge on any atom is 0.459 e. The molecule has 0 bridgehead atoms. The molecular formula is C8H10F5N. The van der Waals surface area contributed by atoms with Crippen LogP contribution in [-0.4, -0.2) is 24.4 Å². The zero-order chi connectivity index (χ0) is 10.8. The lowest BCUT2D eigenvalue weighted by Crippen LogP contribution is -2.44. The van der Waals surface area contributed by atoms with Crippen LogP contribution in [0.4, 0.5) is 22.0 Å². The number of halogens is 5. The third-order valence-corrected chi connectivity index (χ3v) is 2.09. The van der Waals surface area contributed by atoms with Gasteiger partial charge in [0.05, 0.1) is 5.71 Å². The Morgan fingerprint density at radius 1 is 0.929 bits per heavy atom. The van der Waals surface area contributed by atoms with E-state index in [4.69, 9.17) is 0 Å². The van der Waals surface area contributed by atoms with Crippen molar-refractivity contribution in [2.45, 2.75) is 37.8 Å². The summed E-state index contributed by atoms with van der Waals surface area (Å²) >= 11 is 0. The van der Waals surface area contributed by atoms with Gasteiger partial charge in [0.25, 0.3) is 0 Å². The molecule has 0 atom stereocenters. The monoisotopic (exact) mass is 215 g/mol. The van der Waals surface area contributed by atoms with Crippen molar-refractivity contribution in [3.63, 3.8) is 0 Å². The second-order valence-electron chi connectivity index (χ2n) is 3.21. The predicted molar refractivity (Wildman–Crippen MR) is 41.8 cm³/mol. The molecule has 0 saturated carbocycles. The maximum atomic E-state index is 12.7. The minimum Gasteiger partial charge on any atom is -0.287 e. The molecule has 0 unspecified atom stereocenters.